The van der Waals surface area contributed by atoms with E-state index in [-0.39, 0.29) is 23.2 Å². The molecule has 0 bridgehead atoms. The van der Waals surface area contributed by atoms with Crippen molar-refractivity contribution >= 4 is 22.6 Å². The first kappa shape index (κ1) is 20.0. The van der Waals surface area contributed by atoms with E-state index < -0.39 is 12.1 Å². The predicted molar refractivity (Wildman–Crippen MR) is 106 cm³/mol. The number of esters is 1. The fraction of sp³-hybridized carbons (Fsp3) is 0.524. The molecule has 1 amide bonds. The second-order valence-electron chi connectivity index (χ2n) is 7.30. The zero-order valence-corrected chi connectivity index (χ0v) is 16.7. The van der Waals surface area contributed by atoms with Crippen LogP contribution in [0.1, 0.15) is 56.4 Å². The Labute approximate surface area is 164 Å². The molecule has 1 aromatic heterocycles. The lowest BCUT2D eigenvalue weighted by Crippen LogP contribution is -2.44. The molecule has 0 aliphatic heterocycles. The Hall–Kier alpha value is -2.70. The third-order valence-electron chi connectivity index (χ3n) is 5.46. The first-order valence-corrected chi connectivity index (χ1v) is 9.91. The summed E-state index contributed by atoms with van der Waals surface area (Å²) in [5.41, 5.74) is -0.201. The Morgan fingerprint density at radius 2 is 1.86 bits per heavy atom. The van der Waals surface area contributed by atoms with Crippen molar-refractivity contribution in [2.24, 2.45) is 0 Å². The van der Waals surface area contributed by atoms with E-state index in [9.17, 15) is 14.4 Å². The van der Waals surface area contributed by atoms with Crippen molar-refractivity contribution in [2.75, 3.05) is 7.05 Å². The summed E-state index contributed by atoms with van der Waals surface area (Å²) in [7, 11) is 1.77. The van der Waals surface area contributed by atoms with Crippen LogP contribution < -0.4 is 5.56 Å². The monoisotopic (exact) mass is 385 g/mol. The van der Waals surface area contributed by atoms with Gasteiger partial charge in [-0.15, -0.1) is 0 Å². The highest BCUT2D eigenvalue weighted by atomic mass is 16.5. The molecule has 1 aliphatic rings. The van der Waals surface area contributed by atoms with E-state index in [0.29, 0.717) is 17.3 Å². The maximum atomic E-state index is 12.8. The average Bonchev–Trinajstić information content (AvgIpc) is 2.73. The number of amides is 1. The molecule has 1 aliphatic carbocycles. The number of hydrogen-bond acceptors (Lipinski definition) is 5. The van der Waals surface area contributed by atoms with Gasteiger partial charge in [0, 0.05) is 25.0 Å². The first-order chi connectivity index (χ1) is 13.4. The SMILES string of the molecule is CCn1nc(C(=O)O[C@@H](C)C(=O)N(C)C2CCCCC2)c2ccccc2c1=O. The molecule has 1 atom stereocenters. The second-order valence-corrected chi connectivity index (χ2v) is 7.30. The van der Waals surface area contributed by atoms with Crippen molar-refractivity contribution in [3.63, 3.8) is 0 Å². The van der Waals surface area contributed by atoms with Crippen LogP contribution in [0.2, 0.25) is 0 Å². The lowest BCUT2D eigenvalue weighted by Gasteiger charge is -2.32. The topological polar surface area (TPSA) is 81.5 Å². The van der Waals surface area contributed by atoms with Crippen LogP contribution in [-0.2, 0) is 16.1 Å². The van der Waals surface area contributed by atoms with Gasteiger partial charge < -0.3 is 9.64 Å². The minimum atomic E-state index is -0.915. The molecule has 2 aromatic rings. The number of hydrogen-bond donors (Lipinski definition) is 0. The third kappa shape index (κ3) is 3.93. The highest BCUT2D eigenvalue weighted by molar-refractivity contribution is 6.02. The summed E-state index contributed by atoms with van der Waals surface area (Å²) in [6.07, 6.45) is 4.49. The summed E-state index contributed by atoms with van der Waals surface area (Å²) in [6, 6.07) is 7.00. The normalized spacial score (nSPS) is 16.0. The number of aromatic nitrogens is 2. The van der Waals surface area contributed by atoms with Gasteiger partial charge in [0.05, 0.1) is 5.39 Å². The number of likely N-dealkylation sites (N-methyl/N-ethyl adjacent to an activating group) is 1. The van der Waals surface area contributed by atoms with Crippen molar-refractivity contribution in [1.82, 2.24) is 14.7 Å². The van der Waals surface area contributed by atoms with Crippen molar-refractivity contribution in [1.29, 1.82) is 0 Å². The van der Waals surface area contributed by atoms with Crippen molar-refractivity contribution in [3.8, 4) is 0 Å². The highest BCUT2D eigenvalue weighted by Gasteiger charge is 2.29. The van der Waals surface area contributed by atoms with Gasteiger partial charge in [-0.25, -0.2) is 9.48 Å². The van der Waals surface area contributed by atoms with Crippen molar-refractivity contribution < 1.29 is 14.3 Å². The largest absolute Gasteiger partial charge is 0.448 e. The van der Waals surface area contributed by atoms with Crippen LogP contribution in [0, 0.1) is 0 Å². The smallest absolute Gasteiger partial charge is 0.360 e. The molecular formula is C21H27N3O4. The number of benzene rings is 1. The maximum absolute atomic E-state index is 12.8. The van der Waals surface area contributed by atoms with Gasteiger partial charge >= 0.3 is 5.97 Å². The van der Waals surface area contributed by atoms with Crippen LogP contribution in [0.25, 0.3) is 10.8 Å². The van der Waals surface area contributed by atoms with Crippen molar-refractivity contribution in [2.45, 2.75) is 64.6 Å². The zero-order chi connectivity index (χ0) is 20.3. The molecule has 3 rings (SSSR count). The summed E-state index contributed by atoms with van der Waals surface area (Å²) in [5, 5.41) is 5.01. The molecule has 0 saturated heterocycles. The molecule has 1 fully saturated rings. The first-order valence-electron chi connectivity index (χ1n) is 9.91. The molecule has 7 nitrogen and oxygen atoms in total. The number of rotatable bonds is 5. The Kier molecular flexibility index (Phi) is 6.11. The summed E-state index contributed by atoms with van der Waals surface area (Å²) >= 11 is 0. The maximum Gasteiger partial charge on any atom is 0.360 e. The van der Waals surface area contributed by atoms with Crippen LogP contribution in [0.5, 0.6) is 0 Å². The van der Waals surface area contributed by atoms with Crippen LogP contribution in [0.3, 0.4) is 0 Å². The van der Waals surface area contributed by atoms with Gasteiger partial charge in [-0.2, -0.15) is 5.10 Å². The van der Waals surface area contributed by atoms with Gasteiger partial charge in [-0.1, -0.05) is 37.5 Å². The fourth-order valence-electron chi connectivity index (χ4n) is 3.80. The minimum Gasteiger partial charge on any atom is -0.448 e. The number of carbonyl (C=O) groups is 2. The molecule has 150 valence electrons. The molecular weight excluding hydrogens is 358 g/mol. The van der Waals surface area contributed by atoms with E-state index in [2.05, 4.69) is 5.10 Å². The van der Waals surface area contributed by atoms with E-state index in [4.69, 9.17) is 4.74 Å². The Morgan fingerprint density at radius 1 is 1.21 bits per heavy atom. The van der Waals surface area contributed by atoms with Crippen LogP contribution in [-0.4, -0.2) is 45.8 Å². The zero-order valence-electron chi connectivity index (χ0n) is 16.7. The van der Waals surface area contributed by atoms with Gasteiger partial charge in [-0.05, 0) is 32.8 Å². The van der Waals surface area contributed by atoms with E-state index in [1.165, 1.54) is 11.1 Å². The molecule has 1 aromatic carbocycles. The average molecular weight is 385 g/mol. The Bertz CT molecular complexity index is 931. The minimum absolute atomic E-state index is 0.0528. The van der Waals surface area contributed by atoms with E-state index >= 15 is 0 Å². The number of fused-ring (bicyclic) bond motifs is 1. The lowest BCUT2D eigenvalue weighted by atomic mass is 9.94. The lowest BCUT2D eigenvalue weighted by molar-refractivity contribution is -0.141. The summed E-state index contributed by atoms with van der Waals surface area (Å²) in [5.74, 6) is -0.912. The highest BCUT2D eigenvalue weighted by Crippen LogP contribution is 2.22. The molecule has 0 radical (unpaired) electrons. The molecule has 0 spiro atoms. The molecule has 7 heteroatoms. The molecule has 0 N–H and O–H groups in total. The Balaban J connectivity index is 1.81. The number of carbonyl (C=O) groups excluding carboxylic acids is 2. The second kappa shape index (κ2) is 8.54. The van der Waals surface area contributed by atoms with Gasteiger partial charge in [-0.3, -0.25) is 9.59 Å². The molecule has 0 unspecified atom stereocenters. The van der Waals surface area contributed by atoms with E-state index in [0.717, 1.165) is 25.7 Å². The molecule has 1 saturated carbocycles. The van der Waals surface area contributed by atoms with E-state index in [1.54, 1.807) is 50.1 Å². The van der Waals surface area contributed by atoms with Crippen molar-refractivity contribution in [3.05, 3.63) is 40.3 Å². The van der Waals surface area contributed by atoms with Crippen LogP contribution >= 0.6 is 0 Å². The van der Waals surface area contributed by atoms with Crippen LogP contribution in [0.15, 0.2) is 29.1 Å². The van der Waals surface area contributed by atoms with Gasteiger partial charge in [0.25, 0.3) is 11.5 Å². The van der Waals surface area contributed by atoms with E-state index in [1.807, 2.05) is 0 Å². The molecule has 28 heavy (non-hydrogen) atoms. The summed E-state index contributed by atoms with van der Waals surface area (Å²) in [4.78, 5) is 39.6. The Morgan fingerprint density at radius 3 is 2.50 bits per heavy atom. The van der Waals surface area contributed by atoms with Gasteiger partial charge in [0.15, 0.2) is 11.8 Å². The number of ether oxygens (including phenoxy) is 1. The predicted octanol–water partition coefficient (Wildman–Crippen LogP) is 2.75. The number of aryl methyl sites for hydroxylation is 1. The summed E-state index contributed by atoms with van der Waals surface area (Å²) < 4.78 is 6.69. The van der Waals surface area contributed by atoms with Crippen LogP contribution in [0.4, 0.5) is 0 Å². The quantitative estimate of drug-likeness (QED) is 0.739. The fourth-order valence-corrected chi connectivity index (χ4v) is 3.80. The van der Waals surface area contributed by atoms with Gasteiger partial charge in [0.2, 0.25) is 0 Å². The third-order valence-corrected chi connectivity index (χ3v) is 5.46. The molecule has 1 heterocycles. The summed E-state index contributed by atoms with van der Waals surface area (Å²) in [6.45, 7) is 3.70. The standard InChI is InChI=1S/C21H27N3O4/c1-4-24-20(26)17-13-9-8-12-16(17)18(22-24)21(27)28-14(2)19(25)23(3)15-10-6-5-7-11-15/h8-9,12-15H,4-7,10-11H2,1-3H3/t14-/m0/s1. The number of nitrogens with zero attached hydrogens (tertiary/aromatic N) is 3. The van der Waals surface area contributed by atoms with Gasteiger partial charge in [0.1, 0.15) is 0 Å².